The molecule has 0 aliphatic carbocycles. The third-order valence-corrected chi connectivity index (χ3v) is 4.21. The standard InChI is InChI=1S/C15H18BrN3O/c1-10-14(11(2)19(4)17-10)15(20)18(3)9-12-7-5-6-8-13(12)16/h5-8H,9H2,1-4H3. The summed E-state index contributed by atoms with van der Waals surface area (Å²) in [5, 5.41) is 4.30. The van der Waals surface area contributed by atoms with Gasteiger partial charge in [0, 0.05) is 30.8 Å². The Morgan fingerprint density at radius 2 is 2.00 bits per heavy atom. The molecular formula is C15H18BrN3O. The van der Waals surface area contributed by atoms with E-state index >= 15 is 0 Å². The van der Waals surface area contributed by atoms with E-state index in [0.29, 0.717) is 12.1 Å². The Labute approximate surface area is 127 Å². The zero-order chi connectivity index (χ0) is 14.9. The molecular weight excluding hydrogens is 318 g/mol. The van der Waals surface area contributed by atoms with Gasteiger partial charge in [0.15, 0.2) is 0 Å². The van der Waals surface area contributed by atoms with Crippen molar-refractivity contribution in [2.24, 2.45) is 7.05 Å². The Morgan fingerprint density at radius 1 is 1.35 bits per heavy atom. The highest BCUT2D eigenvalue weighted by molar-refractivity contribution is 9.10. The maximum absolute atomic E-state index is 12.6. The fraction of sp³-hybridized carbons (Fsp3) is 0.333. The van der Waals surface area contributed by atoms with Crippen molar-refractivity contribution in [2.45, 2.75) is 20.4 Å². The summed E-state index contributed by atoms with van der Waals surface area (Å²) in [5.74, 6) is 0.00357. The maximum Gasteiger partial charge on any atom is 0.257 e. The summed E-state index contributed by atoms with van der Waals surface area (Å²) < 4.78 is 2.76. The van der Waals surface area contributed by atoms with Crippen LogP contribution in [0.3, 0.4) is 0 Å². The molecule has 0 saturated heterocycles. The molecule has 0 spiro atoms. The number of halogens is 1. The molecule has 0 aliphatic rings. The molecule has 106 valence electrons. The predicted molar refractivity (Wildman–Crippen MR) is 82.6 cm³/mol. The first-order chi connectivity index (χ1) is 9.41. The van der Waals surface area contributed by atoms with Gasteiger partial charge in [-0.25, -0.2) is 0 Å². The number of carbonyl (C=O) groups excluding carboxylic acids is 1. The van der Waals surface area contributed by atoms with Crippen molar-refractivity contribution >= 4 is 21.8 Å². The molecule has 0 bridgehead atoms. The lowest BCUT2D eigenvalue weighted by Gasteiger charge is -2.18. The quantitative estimate of drug-likeness (QED) is 0.864. The molecule has 5 heteroatoms. The number of aryl methyl sites for hydroxylation is 2. The number of nitrogens with zero attached hydrogens (tertiary/aromatic N) is 3. The van der Waals surface area contributed by atoms with E-state index in [1.54, 1.807) is 9.58 Å². The van der Waals surface area contributed by atoms with Gasteiger partial charge in [0.1, 0.15) is 0 Å². The molecule has 0 atom stereocenters. The third kappa shape index (κ3) is 2.77. The molecule has 1 heterocycles. The maximum atomic E-state index is 12.6. The smallest absolute Gasteiger partial charge is 0.257 e. The molecule has 0 N–H and O–H groups in total. The lowest BCUT2D eigenvalue weighted by molar-refractivity contribution is 0.0783. The van der Waals surface area contributed by atoms with Crippen LogP contribution < -0.4 is 0 Å². The Bertz CT molecular complexity index is 649. The van der Waals surface area contributed by atoms with E-state index in [2.05, 4.69) is 21.0 Å². The van der Waals surface area contributed by atoms with Crippen LogP contribution in [0.4, 0.5) is 0 Å². The zero-order valence-electron chi connectivity index (χ0n) is 12.1. The second-order valence-corrected chi connectivity index (χ2v) is 5.78. The van der Waals surface area contributed by atoms with Gasteiger partial charge in [0.2, 0.25) is 0 Å². The fourth-order valence-corrected chi connectivity index (χ4v) is 2.64. The average molecular weight is 336 g/mol. The molecule has 1 aromatic heterocycles. The molecule has 20 heavy (non-hydrogen) atoms. The molecule has 0 unspecified atom stereocenters. The van der Waals surface area contributed by atoms with Crippen molar-refractivity contribution in [1.29, 1.82) is 0 Å². The first-order valence-electron chi connectivity index (χ1n) is 6.41. The highest BCUT2D eigenvalue weighted by Crippen LogP contribution is 2.20. The zero-order valence-corrected chi connectivity index (χ0v) is 13.7. The summed E-state index contributed by atoms with van der Waals surface area (Å²) in [6.07, 6.45) is 0. The largest absolute Gasteiger partial charge is 0.337 e. The normalized spacial score (nSPS) is 10.7. The molecule has 4 nitrogen and oxygen atoms in total. The molecule has 0 fully saturated rings. The molecule has 0 aliphatic heterocycles. The van der Waals surface area contributed by atoms with Crippen molar-refractivity contribution in [3.8, 4) is 0 Å². The summed E-state index contributed by atoms with van der Waals surface area (Å²) >= 11 is 3.51. The second-order valence-electron chi connectivity index (χ2n) is 4.92. The highest BCUT2D eigenvalue weighted by atomic mass is 79.9. The van der Waals surface area contributed by atoms with Crippen molar-refractivity contribution < 1.29 is 4.79 Å². The number of benzene rings is 1. The van der Waals surface area contributed by atoms with Gasteiger partial charge in [-0.1, -0.05) is 34.1 Å². The van der Waals surface area contributed by atoms with Crippen molar-refractivity contribution in [2.75, 3.05) is 7.05 Å². The monoisotopic (exact) mass is 335 g/mol. The van der Waals surface area contributed by atoms with Gasteiger partial charge >= 0.3 is 0 Å². The van der Waals surface area contributed by atoms with Crippen LogP contribution >= 0.6 is 15.9 Å². The van der Waals surface area contributed by atoms with Crippen molar-refractivity contribution in [3.63, 3.8) is 0 Å². The molecule has 0 radical (unpaired) electrons. The van der Waals surface area contributed by atoms with E-state index in [-0.39, 0.29) is 5.91 Å². The van der Waals surface area contributed by atoms with Gasteiger partial charge in [-0.2, -0.15) is 5.10 Å². The number of aromatic nitrogens is 2. The lowest BCUT2D eigenvalue weighted by Crippen LogP contribution is -2.27. The van der Waals surface area contributed by atoms with Crippen molar-refractivity contribution in [1.82, 2.24) is 14.7 Å². The molecule has 1 amide bonds. The summed E-state index contributed by atoms with van der Waals surface area (Å²) in [6.45, 7) is 4.35. The van der Waals surface area contributed by atoms with Crippen LogP contribution in [0.1, 0.15) is 27.3 Å². The van der Waals surface area contributed by atoms with Gasteiger partial charge in [-0.15, -0.1) is 0 Å². The minimum atomic E-state index is 0.00357. The van der Waals surface area contributed by atoms with E-state index in [9.17, 15) is 4.79 Å². The first-order valence-corrected chi connectivity index (χ1v) is 7.20. The number of hydrogen-bond donors (Lipinski definition) is 0. The van der Waals surface area contributed by atoms with Gasteiger partial charge in [-0.3, -0.25) is 9.48 Å². The summed E-state index contributed by atoms with van der Waals surface area (Å²) in [7, 11) is 3.67. The van der Waals surface area contributed by atoms with Gasteiger partial charge in [0.05, 0.1) is 11.3 Å². The summed E-state index contributed by atoms with van der Waals surface area (Å²) in [5.41, 5.74) is 3.45. The van der Waals surface area contributed by atoms with Gasteiger partial charge < -0.3 is 4.90 Å². The third-order valence-electron chi connectivity index (χ3n) is 3.43. The van der Waals surface area contributed by atoms with Crippen LogP contribution in [-0.4, -0.2) is 27.6 Å². The van der Waals surface area contributed by atoms with Crippen LogP contribution in [0.2, 0.25) is 0 Å². The predicted octanol–water partition coefficient (Wildman–Crippen LogP) is 3.07. The van der Waals surface area contributed by atoms with E-state index in [1.165, 1.54) is 0 Å². The Hall–Kier alpha value is -1.62. The summed E-state index contributed by atoms with van der Waals surface area (Å²) in [6, 6.07) is 7.93. The van der Waals surface area contributed by atoms with Crippen LogP contribution in [-0.2, 0) is 13.6 Å². The van der Waals surface area contributed by atoms with Crippen LogP contribution in [0.15, 0.2) is 28.7 Å². The van der Waals surface area contributed by atoms with Gasteiger partial charge in [-0.05, 0) is 25.5 Å². The van der Waals surface area contributed by atoms with E-state index in [1.807, 2.05) is 52.2 Å². The van der Waals surface area contributed by atoms with Crippen LogP contribution in [0.5, 0.6) is 0 Å². The molecule has 2 rings (SSSR count). The number of hydrogen-bond acceptors (Lipinski definition) is 2. The molecule has 1 aromatic carbocycles. The van der Waals surface area contributed by atoms with Crippen LogP contribution in [0, 0.1) is 13.8 Å². The number of rotatable bonds is 3. The molecule has 0 saturated carbocycles. The summed E-state index contributed by atoms with van der Waals surface area (Å²) in [4.78, 5) is 14.3. The first kappa shape index (κ1) is 14.8. The number of amides is 1. The lowest BCUT2D eigenvalue weighted by atomic mass is 10.1. The number of carbonyl (C=O) groups is 1. The van der Waals surface area contributed by atoms with E-state index in [0.717, 1.165) is 21.4 Å². The van der Waals surface area contributed by atoms with Crippen molar-refractivity contribution in [3.05, 3.63) is 51.3 Å². The second kappa shape index (κ2) is 5.79. The molecule has 2 aromatic rings. The highest BCUT2D eigenvalue weighted by Gasteiger charge is 2.21. The minimum absolute atomic E-state index is 0.00357. The van der Waals surface area contributed by atoms with Crippen LogP contribution in [0.25, 0.3) is 0 Å². The Morgan fingerprint density at radius 3 is 2.55 bits per heavy atom. The fourth-order valence-electron chi connectivity index (χ4n) is 2.23. The van der Waals surface area contributed by atoms with E-state index in [4.69, 9.17) is 0 Å². The van der Waals surface area contributed by atoms with E-state index < -0.39 is 0 Å². The minimum Gasteiger partial charge on any atom is -0.337 e. The Kier molecular flexibility index (Phi) is 4.28. The SMILES string of the molecule is Cc1nn(C)c(C)c1C(=O)N(C)Cc1ccccc1Br. The Balaban J connectivity index is 2.23. The topological polar surface area (TPSA) is 38.1 Å². The van der Waals surface area contributed by atoms with Gasteiger partial charge in [0.25, 0.3) is 5.91 Å². The average Bonchev–Trinajstić information content (AvgIpc) is 2.65.